The van der Waals surface area contributed by atoms with Gasteiger partial charge < -0.3 is 10.6 Å². The van der Waals surface area contributed by atoms with Crippen LogP contribution >= 0.6 is 11.8 Å². The van der Waals surface area contributed by atoms with Crippen molar-refractivity contribution in [1.82, 2.24) is 9.21 Å². The van der Waals surface area contributed by atoms with Crippen molar-refractivity contribution in [2.75, 3.05) is 50.0 Å². The number of nitrogens with zero attached hydrogens (tertiary/aromatic N) is 3. The summed E-state index contributed by atoms with van der Waals surface area (Å²) in [5.41, 5.74) is 5.90. The molecule has 0 aromatic carbocycles. The second-order valence-corrected chi connectivity index (χ2v) is 7.72. The Bertz CT molecular complexity index is 404. The van der Waals surface area contributed by atoms with Crippen molar-refractivity contribution in [3.05, 3.63) is 0 Å². The Balaban J connectivity index is 1.80. The summed E-state index contributed by atoms with van der Waals surface area (Å²) in [6, 6.07) is 0. The first-order chi connectivity index (χ1) is 8.59. The van der Waals surface area contributed by atoms with E-state index in [4.69, 9.17) is 5.73 Å². The highest BCUT2D eigenvalue weighted by Crippen LogP contribution is 2.12. The van der Waals surface area contributed by atoms with Crippen LogP contribution in [-0.2, 0) is 10.0 Å². The number of nitrogens with two attached hydrogens (primary N) is 1. The minimum absolute atomic E-state index is 0.273. The summed E-state index contributed by atoms with van der Waals surface area (Å²) in [5.74, 6) is 2.98. The molecule has 0 unspecified atom stereocenters. The van der Waals surface area contributed by atoms with E-state index >= 15 is 0 Å². The van der Waals surface area contributed by atoms with Gasteiger partial charge in [0, 0.05) is 37.7 Å². The van der Waals surface area contributed by atoms with Crippen LogP contribution in [0.3, 0.4) is 0 Å². The van der Waals surface area contributed by atoms with Crippen LogP contribution in [0.5, 0.6) is 0 Å². The maximum absolute atomic E-state index is 11.6. The van der Waals surface area contributed by atoms with Gasteiger partial charge in [-0.05, 0) is 6.42 Å². The molecule has 2 heterocycles. The summed E-state index contributed by atoms with van der Waals surface area (Å²) in [7, 11) is -3.00. The van der Waals surface area contributed by atoms with Crippen molar-refractivity contribution in [2.24, 2.45) is 10.7 Å². The third kappa shape index (κ3) is 3.52. The van der Waals surface area contributed by atoms with Gasteiger partial charge in [0.15, 0.2) is 5.96 Å². The van der Waals surface area contributed by atoms with E-state index in [0.29, 0.717) is 25.6 Å². The molecule has 18 heavy (non-hydrogen) atoms. The third-order valence-electron chi connectivity index (χ3n) is 3.16. The van der Waals surface area contributed by atoms with E-state index in [9.17, 15) is 8.42 Å². The van der Waals surface area contributed by atoms with Gasteiger partial charge in [-0.15, -0.1) is 0 Å². The molecule has 6 nitrogen and oxygen atoms in total. The first kappa shape index (κ1) is 14.0. The van der Waals surface area contributed by atoms with Crippen LogP contribution in [0.15, 0.2) is 4.99 Å². The molecule has 8 heteroatoms. The smallest absolute Gasteiger partial charge is 0.214 e. The molecule has 104 valence electrons. The molecule has 2 rings (SSSR count). The van der Waals surface area contributed by atoms with Crippen LogP contribution in [0.4, 0.5) is 0 Å². The summed E-state index contributed by atoms with van der Waals surface area (Å²) >= 11 is 1.92. The number of hydrogen-bond acceptors (Lipinski definition) is 4. The highest BCUT2D eigenvalue weighted by Gasteiger charge is 2.27. The van der Waals surface area contributed by atoms with Crippen LogP contribution in [-0.4, -0.2) is 73.6 Å². The predicted molar refractivity (Wildman–Crippen MR) is 75.4 cm³/mol. The molecule has 0 aromatic heterocycles. The molecule has 2 N–H and O–H groups in total. The molecule has 0 aromatic rings. The highest BCUT2D eigenvalue weighted by molar-refractivity contribution is 7.99. The van der Waals surface area contributed by atoms with E-state index in [2.05, 4.69) is 9.89 Å². The molecule has 0 saturated carbocycles. The summed E-state index contributed by atoms with van der Waals surface area (Å²) in [4.78, 5) is 6.35. The zero-order valence-electron chi connectivity index (χ0n) is 10.4. The second-order valence-electron chi connectivity index (χ2n) is 4.41. The van der Waals surface area contributed by atoms with Crippen LogP contribution in [0.1, 0.15) is 6.42 Å². The van der Waals surface area contributed by atoms with Crippen molar-refractivity contribution in [3.8, 4) is 0 Å². The van der Waals surface area contributed by atoms with Gasteiger partial charge in [0.1, 0.15) is 0 Å². The summed E-state index contributed by atoms with van der Waals surface area (Å²) in [6.07, 6.45) is 0.727. The van der Waals surface area contributed by atoms with Crippen molar-refractivity contribution in [3.63, 3.8) is 0 Å². The average molecular weight is 292 g/mol. The van der Waals surface area contributed by atoms with Gasteiger partial charge in [0.25, 0.3) is 0 Å². The van der Waals surface area contributed by atoms with Crippen LogP contribution in [0, 0.1) is 0 Å². The van der Waals surface area contributed by atoms with Gasteiger partial charge in [0.2, 0.25) is 10.0 Å². The van der Waals surface area contributed by atoms with E-state index in [1.54, 1.807) is 0 Å². The lowest BCUT2D eigenvalue weighted by molar-refractivity contribution is 0.440. The van der Waals surface area contributed by atoms with Crippen molar-refractivity contribution < 1.29 is 8.42 Å². The number of hydrogen-bond donors (Lipinski definition) is 1. The molecular weight excluding hydrogens is 272 g/mol. The molecule has 2 aliphatic heterocycles. The van der Waals surface area contributed by atoms with Gasteiger partial charge in [0.05, 0.1) is 12.3 Å². The number of rotatable bonds is 3. The van der Waals surface area contributed by atoms with Crippen molar-refractivity contribution in [1.29, 1.82) is 0 Å². The average Bonchev–Trinajstić information content (AvgIpc) is 2.70. The Morgan fingerprint density at radius 3 is 2.61 bits per heavy atom. The molecule has 0 atom stereocenters. The molecule has 0 amide bonds. The fourth-order valence-electron chi connectivity index (χ4n) is 2.11. The zero-order chi connectivity index (χ0) is 13.0. The minimum Gasteiger partial charge on any atom is -0.370 e. The molecule has 0 bridgehead atoms. The molecule has 0 aliphatic carbocycles. The first-order valence-corrected chi connectivity index (χ1v) is 8.96. The molecule has 0 radical (unpaired) electrons. The largest absolute Gasteiger partial charge is 0.370 e. The standard InChI is InChI=1S/C10H20N4O2S2/c11-10(13-5-7-17-8-6-13)12-2-4-14-3-1-9-18(14,15)16/h1-9H2,(H2,11,12). The Kier molecular flexibility index (Phi) is 4.74. The zero-order valence-corrected chi connectivity index (χ0v) is 12.0. The second kappa shape index (κ2) is 6.12. The highest BCUT2D eigenvalue weighted by atomic mass is 32.2. The Morgan fingerprint density at radius 2 is 2.00 bits per heavy atom. The number of aliphatic imine (C=N–C) groups is 1. The number of guanidine groups is 1. The quantitative estimate of drug-likeness (QED) is 0.554. The lowest BCUT2D eigenvalue weighted by atomic mass is 10.5. The Labute approximate surface area is 113 Å². The molecule has 2 aliphatic rings. The van der Waals surface area contributed by atoms with Crippen molar-refractivity contribution >= 4 is 27.7 Å². The van der Waals surface area contributed by atoms with Crippen LogP contribution in [0.2, 0.25) is 0 Å². The molecule has 2 fully saturated rings. The Morgan fingerprint density at radius 1 is 1.28 bits per heavy atom. The van der Waals surface area contributed by atoms with Gasteiger partial charge in [-0.1, -0.05) is 0 Å². The van der Waals surface area contributed by atoms with E-state index in [0.717, 1.165) is 31.0 Å². The van der Waals surface area contributed by atoms with E-state index in [-0.39, 0.29) is 5.75 Å². The van der Waals surface area contributed by atoms with Crippen LogP contribution < -0.4 is 5.73 Å². The maximum Gasteiger partial charge on any atom is 0.214 e. The Hall–Kier alpha value is -0.470. The van der Waals surface area contributed by atoms with Gasteiger partial charge >= 0.3 is 0 Å². The first-order valence-electron chi connectivity index (χ1n) is 6.20. The van der Waals surface area contributed by atoms with Gasteiger partial charge in [-0.2, -0.15) is 11.8 Å². The maximum atomic E-state index is 11.6. The van der Waals surface area contributed by atoms with Gasteiger partial charge in [-0.3, -0.25) is 4.99 Å². The molecule has 2 saturated heterocycles. The fraction of sp³-hybridized carbons (Fsp3) is 0.900. The van der Waals surface area contributed by atoms with E-state index in [1.165, 1.54) is 4.31 Å². The normalized spacial score (nSPS) is 25.6. The van der Waals surface area contributed by atoms with Gasteiger partial charge in [-0.25, -0.2) is 12.7 Å². The van der Waals surface area contributed by atoms with E-state index in [1.807, 2.05) is 11.8 Å². The summed E-state index contributed by atoms with van der Waals surface area (Å²) in [5, 5.41) is 0. The number of thioether (sulfide) groups is 1. The molecule has 0 spiro atoms. The summed E-state index contributed by atoms with van der Waals surface area (Å²) < 4.78 is 24.7. The minimum atomic E-state index is -3.00. The lowest BCUT2D eigenvalue weighted by Crippen LogP contribution is -2.43. The van der Waals surface area contributed by atoms with E-state index < -0.39 is 10.0 Å². The SMILES string of the molecule is NC(=NCCN1CCCS1(=O)=O)N1CCSCC1. The lowest BCUT2D eigenvalue weighted by Gasteiger charge is -2.27. The predicted octanol–water partition coefficient (Wildman–Crippen LogP) is -0.615. The topological polar surface area (TPSA) is 79.0 Å². The number of sulfonamides is 1. The molecular formula is C10H20N4O2S2. The van der Waals surface area contributed by atoms with Crippen molar-refractivity contribution in [2.45, 2.75) is 6.42 Å². The monoisotopic (exact) mass is 292 g/mol. The summed E-state index contributed by atoms with van der Waals surface area (Å²) in [6.45, 7) is 3.39. The van der Waals surface area contributed by atoms with Crippen LogP contribution in [0.25, 0.3) is 0 Å². The fourth-order valence-corrected chi connectivity index (χ4v) is 4.53. The third-order valence-corrected chi connectivity index (χ3v) is 6.06.